The van der Waals surface area contributed by atoms with Gasteiger partial charge in [0.05, 0.1) is 5.56 Å². The van der Waals surface area contributed by atoms with E-state index in [0.717, 1.165) is 6.07 Å². The first kappa shape index (κ1) is 15.1. The number of aromatic hydroxyl groups is 1. The number of benzene rings is 2. The van der Waals surface area contributed by atoms with Crippen LogP contribution in [0, 0.1) is 6.92 Å². The van der Waals surface area contributed by atoms with Crippen molar-refractivity contribution in [3.63, 3.8) is 0 Å². The van der Waals surface area contributed by atoms with E-state index in [-0.39, 0.29) is 22.8 Å². The first-order valence-corrected chi connectivity index (χ1v) is 6.74. The van der Waals surface area contributed by atoms with Crippen molar-refractivity contribution in [1.29, 1.82) is 0 Å². The number of hydrogen-bond acceptors (Lipinski definition) is 3. The molecule has 0 bridgehead atoms. The second kappa shape index (κ2) is 5.15. The summed E-state index contributed by atoms with van der Waals surface area (Å²) in [6, 6.07) is 6.73. The summed E-state index contributed by atoms with van der Waals surface area (Å²) in [5, 5.41) is 9.63. The van der Waals surface area contributed by atoms with Crippen molar-refractivity contribution in [2.75, 3.05) is 0 Å². The summed E-state index contributed by atoms with van der Waals surface area (Å²) < 4.78 is 44.6. The molecule has 1 aromatic heterocycles. The number of phenols is 1. The van der Waals surface area contributed by atoms with Crippen molar-refractivity contribution < 1.29 is 22.7 Å². The molecule has 1 N–H and O–H groups in total. The maximum absolute atomic E-state index is 13.0. The number of aromatic nitrogens is 1. The van der Waals surface area contributed by atoms with Crippen LogP contribution in [0.2, 0.25) is 0 Å². The normalized spacial score (nSPS) is 11.8. The maximum Gasteiger partial charge on any atom is 0.416 e. The zero-order chi connectivity index (χ0) is 16.8. The molecule has 3 aromatic rings. The Labute approximate surface area is 129 Å². The quantitative estimate of drug-likeness (QED) is 0.708. The molecule has 0 radical (unpaired) electrons. The van der Waals surface area contributed by atoms with E-state index in [1.165, 1.54) is 37.3 Å². The van der Waals surface area contributed by atoms with Gasteiger partial charge in [0.15, 0.2) is 5.58 Å². The van der Waals surface area contributed by atoms with Gasteiger partial charge in [-0.2, -0.15) is 13.2 Å². The highest BCUT2D eigenvalue weighted by atomic mass is 19.4. The Morgan fingerprint density at radius 3 is 2.61 bits per heavy atom. The Bertz CT molecular complexity index is 910. The number of aryl methyl sites for hydroxylation is 1. The summed E-state index contributed by atoms with van der Waals surface area (Å²) in [5.41, 5.74) is 0.840. The van der Waals surface area contributed by atoms with Crippen LogP contribution in [0.4, 0.5) is 13.2 Å². The second-order valence-corrected chi connectivity index (χ2v) is 5.13. The third-order valence-corrected chi connectivity index (χ3v) is 3.51. The predicted molar refractivity (Wildman–Crippen MR) is 80.9 cm³/mol. The van der Waals surface area contributed by atoms with Gasteiger partial charge in [0.1, 0.15) is 11.3 Å². The topological polar surface area (TPSA) is 46.3 Å². The van der Waals surface area contributed by atoms with Gasteiger partial charge in [-0.3, -0.25) is 0 Å². The molecule has 0 saturated carbocycles. The lowest BCUT2D eigenvalue weighted by molar-refractivity contribution is -0.138. The van der Waals surface area contributed by atoms with Gasteiger partial charge in [-0.15, -0.1) is 0 Å². The van der Waals surface area contributed by atoms with Crippen molar-refractivity contribution in [2.24, 2.45) is 0 Å². The Morgan fingerprint density at radius 1 is 1.22 bits per heavy atom. The van der Waals surface area contributed by atoms with E-state index in [9.17, 15) is 18.3 Å². The number of fused-ring (bicyclic) bond motifs is 1. The van der Waals surface area contributed by atoms with Crippen LogP contribution in [0.3, 0.4) is 0 Å². The van der Waals surface area contributed by atoms with Crippen LogP contribution >= 0.6 is 0 Å². The van der Waals surface area contributed by atoms with E-state index < -0.39 is 11.7 Å². The molecule has 0 spiro atoms. The van der Waals surface area contributed by atoms with Crippen LogP contribution in [-0.2, 0) is 6.18 Å². The number of hydrogen-bond donors (Lipinski definition) is 1. The lowest BCUT2D eigenvalue weighted by atomic mass is 10.0. The van der Waals surface area contributed by atoms with Gasteiger partial charge in [-0.25, -0.2) is 4.98 Å². The number of phenolic OH excluding ortho intramolecular Hbond substituents is 1. The summed E-state index contributed by atoms with van der Waals surface area (Å²) in [5.74, 6) is 0.0336. The minimum Gasteiger partial charge on any atom is -0.508 e. The number of nitrogens with zero attached hydrogens (tertiary/aromatic N) is 1. The van der Waals surface area contributed by atoms with Crippen LogP contribution in [0.1, 0.15) is 16.7 Å². The third kappa shape index (κ3) is 2.67. The molecule has 118 valence electrons. The number of oxazole rings is 1. The summed E-state index contributed by atoms with van der Waals surface area (Å²) in [4.78, 5) is 4.16. The molecule has 0 amide bonds. The molecular weight excluding hydrogens is 307 g/mol. The van der Waals surface area contributed by atoms with Crippen molar-refractivity contribution in [3.05, 3.63) is 53.6 Å². The SMILES string of the molecule is C=Cc1cc(O)cc2nc(-c3ccc(C)c(C(F)(F)F)c3)oc12. The fraction of sp³-hybridized carbons (Fsp3) is 0.118. The molecule has 0 unspecified atom stereocenters. The zero-order valence-corrected chi connectivity index (χ0v) is 12.1. The van der Waals surface area contributed by atoms with Crippen molar-refractivity contribution in [2.45, 2.75) is 13.1 Å². The highest BCUT2D eigenvalue weighted by Crippen LogP contribution is 2.36. The molecule has 3 rings (SSSR count). The average Bonchev–Trinajstić information content (AvgIpc) is 2.89. The Morgan fingerprint density at radius 2 is 1.96 bits per heavy atom. The van der Waals surface area contributed by atoms with Crippen LogP contribution in [-0.4, -0.2) is 10.1 Å². The van der Waals surface area contributed by atoms with Crippen molar-refractivity contribution in [3.8, 4) is 17.2 Å². The fourth-order valence-electron chi connectivity index (χ4n) is 2.38. The number of rotatable bonds is 2. The number of halogens is 3. The number of alkyl halides is 3. The van der Waals surface area contributed by atoms with Crippen LogP contribution in [0.25, 0.3) is 28.6 Å². The molecule has 23 heavy (non-hydrogen) atoms. The highest BCUT2D eigenvalue weighted by Gasteiger charge is 2.32. The Balaban J connectivity index is 2.20. The van der Waals surface area contributed by atoms with Gasteiger partial charge in [-0.05, 0) is 30.7 Å². The average molecular weight is 319 g/mol. The molecular formula is C17H12F3NO2. The maximum atomic E-state index is 13.0. The largest absolute Gasteiger partial charge is 0.508 e. The van der Waals surface area contributed by atoms with E-state index in [1.807, 2.05) is 0 Å². The van der Waals surface area contributed by atoms with Gasteiger partial charge < -0.3 is 9.52 Å². The lowest BCUT2D eigenvalue weighted by Crippen LogP contribution is -2.07. The zero-order valence-electron chi connectivity index (χ0n) is 12.1. The van der Waals surface area contributed by atoms with Gasteiger partial charge >= 0.3 is 6.18 Å². The van der Waals surface area contributed by atoms with E-state index in [2.05, 4.69) is 11.6 Å². The minimum atomic E-state index is -4.45. The molecule has 0 fully saturated rings. The summed E-state index contributed by atoms with van der Waals surface area (Å²) in [7, 11) is 0. The van der Waals surface area contributed by atoms with E-state index in [1.54, 1.807) is 0 Å². The molecule has 0 aliphatic carbocycles. The summed E-state index contributed by atoms with van der Waals surface area (Å²) in [6.07, 6.45) is -2.97. The molecule has 0 aliphatic rings. The molecule has 0 saturated heterocycles. The van der Waals surface area contributed by atoms with Gasteiger partial charge in [0, 0.05) is 17.2 Å². The monoisotopic (exact) mass is 319 g/mol. The highest BCUT2D eigenvalue weighted by molar-refractivity contribution is 5.86. The first-order valence-electron chi connectivity index (χ1n) is 6.74. The molecule has 3 nitrogen and oxygen atoms in total. The minimum absolute atomic E-state index is 0.0212. The van der Waals surface area contributed by atoms with E-state index in [0.29, 0.717) is 16.7 Å². The van der Waals surface area contributed by atoms with Crippen molar-refractivity contribution in [1.82, 2.24) is 4.98 Å². The van der Waals surface area contributed by atoms with Crippen molar-refractivity contribution >= 4 is 17.2 Å². The molecule has 0 atom stereocenters. The molecule has 2 aromatic carbocycles. The first-order chi connectivity index (χ1) is 10.8. The van der Waals surface area contributed by atoms with Crippen LogP contribution in [0.15, 0.2) is 41.3 Å². The Kier molecular flexibility index (Phi) is 3.39. The lowest BCUT2D eigenvalue weighted by Gasteiger charge is -2.10. The molecule has 0 aliphatic heterocycles. The van der Waals surface area contributed by atoms with Gasteiger partial charge in [-0.1, -0.05) is 18.7 Å². The predicted octanol–water partition coefficient (Wildman–Crippen LogP) is 5.17. The summed E-state index contributed by atoms with van der Waals surface area (Å²) >= 11 is 0. The van der Waals surface area contributed by atoms with E-state index in [4.69, 9.17) is 4.42 Å². The van der Waals surface area contributed by atoms with Crippen LogP contribution in [0.5, 0.6) is 5.75 Å². The summed E-state index contributed by atoms with van der Waals surface area (Å²) in [6.45, 7) is 5.01. The molecule has 1 heterocycles. The fourth-order valence-corrected chi connectivity index (χ4v) is 2.38. The third-order valence-electron chi connectivity index (χ3n) is 3.51. The smallest absolute Gasteiger partial charge is 0.416 e. The van der Waals surface area contributed by atoms with Crippen LogP contribution < -0.4 is 0 Å². The standard InChI is InChI=1S/C17H12F3NO2/c1-3-10-6-12(22)8-14-15(10)23-16(21-14)11-5-4-9(2)13(7-11)17(18,19)20/h3-8,22H,1H2,2H3. The molecule has 6 heteroatoms. The van der Waals surface area contributed by atoms with Gasteiger partial charge in [0.25, 0.3) is 0 Å². The Hall–Kier alpha value is -2.76. The second-order valence-electron chi connectivity index (χ2n) is 5.13. The van der Waals surface area contributed by atoms with E-state index >= 15 is 0 Å². The van der Waals surface area contributed by atoms with Gasteiger partial charge in [0.2, 0.25) is 5.89 Å².